The van der Waals surface area contributed by atoms with Gasteiger partial charge in [0.15, 0.2) is 6.23 Å². The molecule has 0 unspecified atom stereocenters. The molecule has 0 radical (unpaired) electrons. The predicted octanol–water partition coefficient (Wildman–Crippen LogP) is 9.83. The van der Waals surface area contributed by atoms with E-state index in [-0.39, 0.29) is 13.2 Å². The van der Waals surface area contributed by atoms with Crippen molar-refractivity contribution in [1.29, 1.82) is 0 Å². The number of carbonyl (C=O) groups is 2. The zero-order chi connectivity index (χ0) is 40.2. The Bertz CT molecular complexity index is 881. The van der Waals surface area contributed by atoms with Gasteiger partial charge < -0.3 is 35.8 Å². The van der Waals surface area contributed by atoms with E-state index < -0.39 is 49.2 Å². The van der Waals surface area contributed by atoms with Gasteiger partial charge in [-0.1, -0.05) is 206 Å². The molecule has 55 heavy (non-hydrogen) atoms. The SMILES string of the molecule is CCCCCCCCCCCCCCCCCCOC(=O)N(CCCCCCCCCCCCCCCCCC)[C@@H]1O[C@H](CO)[C@H](O)[C@H](O)[C@H]1NC(=O)CN. The van der Waals surface area contributed by atoms with E-state index in [1.165, 1.54) is 165 Å². The van der Waals surface area contributed by atoms with Crippen LogP contribution in [0.5, 0.6) is 0 Å². The van der Waals surface area contributed by atoms with Gasteiger partial charge in [-0.2, -0.15) is 0 Å². The molecule has 6 N–H and O–H groups in total. The molecule has 1 heterocycles. The summed E-state index contributed by atoms with van der Waals surface area (Å²) >= 11 is 0. The number of unbranched alkanes of at least 4 members (excludes halogenated alkanes) is 30. The fourth-order valence-corrected chi connectivity index (χ4v) is 7.81. The van der Waals surface area contributed by atoms with Gasteiger partial charge in [-0.25, -0.2) is 4.79 Å². The van der Waals surface area contributed by atoms with Crippen molar-refractivity contribution in [2.45, 2.75) is 250 Å². The first kappa shape index (κ1) is 51.6. The number of nitrogens with zero attached hydrogens (tertiary/aromatic N) is 1. The van der Waals surface area contributed by atoms with Crippen molar-refractivity contribution in [2.24, 2.45) is 5.73 Å². The number of nitrogens with one attached hydrogen (secondary N) is 1. The summed E-state index contributed by atoms with van der Waals surface area (Å²) in [5, 5.41) is 34.0. The summed E-state index contributed by atoms with van der Waals surface area (Å²) in [7, 11) is 0. The van der Waals surface area contributed by atoms with E-state index in [0.29, 0.717) is 13.0 Å². The maximum Gasteiger partial charge on any atom is 0.411 e. The summed E-state index contributed by atoms with van der Waals surface area (Å²) in [5.41, 5.74) is 5.54. The van der Waals surface area contributed by atoms with Crippen LogP contribution in [0.3, 0.4) is 0 Å². The first-order valence-electron chi connectivity index (χ1n) is 23.5. The second-order valence-corrected chi connectivity index (χ2v) is 16.4. The lowest BCUT2D eigenvalue weighted by atomic mass is 9.95. The highest BCUT2D eigenvalue weighted by molar-refractivity contribution is 5.78. The fourth-order valence-electron chi connectivity index (χ4n) is 7.81. The van der Waals surface area contributed by atoms with Crippen LogP contribution in [-0.2, 0) is 14.3 Å². The quantitative estimate of drug-likeness (QED) is 0.0388. The van der Waals surface area contributed by atoms with Crippen LogP contribution in [0.2, 0.25) is 0 Å². The van der Waals surface area contributed by atoms with E-state index in [0.717, 1.165) is 38.5 Å². The highest BCUT2D eigenvalue weighted by Gasteiger charge is 2.48. The van der Waals surface area contributed by atoms with Gasteiger partial charge in [0.2, 0.25) is 5.91 Å². The number of aliphatic hydroxyl groups excluding tert-OH is 3. The van der Waals surface area contributed by atoms with Crippen LogP contribution in [0.1, 0.15) is 219 Å². The molecule has 0 aliphatic carbocycles. The molecule has 1 saturated heterocycles. The summed E-state index contributed by atoms with van der Waals surface area (Å²) in [4.78, 5) is 27.3. The highest BCUT2D eigenvalue weighted by atomic mass is 16.6. The Morgan fingerprint density at radius 3 is 1.31 bits per heavy atom. The van der Waals surface area contributed by atoms with Crippen LogP contribution in [-0.4, -0.2) is 89.1 Å². The molecule has 0 spiro atoms. The first-order chi connectivity index (χ1) is 26.9. The molecule has 0 bridgehead atoms. The maximum atomic E-state index is 13.6. The Morgan fingerprint density at radius 2 is 0.945 bits per heavy atom. The molecular formula is C45H89N3O7. The van der Waals surface area contributed by atoms with Gasteiger partial charge in [0.1, 0.15) is 24.4 Å². The number of rotatable bonds is 38. The molecule has 0 aromatic rings. The third-order valence-electron chi connectivity index (χ3n) is 11.4. The number of aliphatic hydroxyl groups is 3. The molecule has 10 heteroatoms. The number of ether oxygens (including phenoxy) is 2. The van der Waals surface area contributed by atoms with Gasteiger partial charge in [-0.3, -0.25) is 9.69 Å². The Labute approximate surface area is 337 Å². The predicted molar refractivity (Wildman–Crippen MR) is 226 cm³/mol. The molecular weight excluding hydrogens is 695 g/mol. The number of hydrogen-bond donors (Lipinski definition) is 5. The summed E-state index contributed by atoms with van der Waals surface area (Å²) in [6.45, 7) is 4.24. The largest absolute Gasteiger partial charge is 0.449 e. The molecule has 0 aromatic carbocycles. The van der Waals surface area contributed by atoms with E-state index in [9.17, 15) is 24.9 Å². The van der Waals surface area contributed by atoms with Crippen LogP contribution in [0.25, 0.3) is 0 Å². The molecule has 5 atom stereocenters. The second-order valence-electron chi connectivity index (χ2n) is 16.4. The van der Waals surface area contributed by atoms with Gasteiger partial charge in [0.05, 0.1) is 19.8 Å². The lowest BCUT2D eigenvalue weighted by molar-refractivity contribution is -0.226. The molecule has 0 aromatic heterocycles. The molecule has 2 amide bonds. The topological polar surface area (TPSA) is 155 Å². The molecule has 10 nitrogen and oxygen atoms in total. The number of nitrogens with two attached hydrogens (primary N) is 1. The standard InChI is InChI=1S/C45H89N3O7/c1-3-5-7-9-11-13-15-17-19-21-23-25-27-29-31-33-35-48(44-41(47-40(50)37-46)43(52)42(51)39(38-49)55-44)45(53)54-36-34-32-30-28-26-24-22-20-18-16-14-12-10-8-6-4-2/h39,41-44,49,51-52H,3-38,46H2,1-2H3,(H,47,50)/t39-,41-,42+,43-,44-/m1/s1. The van der Waals surface area contributed by atoms with Crippen molar-refractivity contribution in [3.8, 4) is 0 Å². The van der Waals surface area contributed by atoms with Gasteiger partial charge >= 0.3 is 6.09 Å². The Morgan fingerprint density at radius 1 is 0.582 bits per heavy atom. The fraction of sp³-hybridized carbons (Fsp3) is 0.956. The Kier molecular flexibility index (Phi) is 34.5. The van der Waals surface area contributed by atoms with Gasteiger partial charge in [0.25, 0.3) is 0 Å². The Balaban J connectivity index is 2.44. The zero-order valence-electron chi connectivity index (χ0n) is 35.8. The van der Waals surface area contributed by atoms with E-state index in [4.69, 9.17) is 15.2 Å². The average molecular weight is 784 g/mol. The highest BCUT2D eigenvalue weighted by Crippen LogP contribution is 2.26. The van der Waals surface area contributed by atoms with Crippen molar-refractivity contribution in [2.75, 3.05) is 26.3 Å². The molecule has 1 aliphatic rings. The molecule has 1 aliphatic heterocycles. The van der Waals surface area contributed by atoms with E-state index in [2.05, 4.69) is 19.2 Å². The number of carbonyl (C=O) groups excluding carboxylic acids is 2. The van der Waals surface area contributed by atoms with Crippen molar-refractivity contribution in [3.63, 3.8) is 0 Å². The third-order valence-corrected chi connectivity index (χ3v) is 11.4. The van der Waals surface area contributed by atoms with Crippen molar-refractivity contribution < 1.29 is 34.4 Å². The zero-order valence-corrected chi connectivity index (χ0v) is 35.8. The number of amides is 2. The van der Waals surface area contributed by atoms with Crippen LogP contribution >= 0.6 is 0 Å². The van der Waals surface area contributed by atoms with E-state index >= 15 is 0 Å². The van der Waals surface area contributed by atoms with Crippen LogP contribution in [0.4, 0.5) is 4.79 Å². The van der Waals surface area contributed by atoms with E-state index in [1.54, 1.807) is 0 Å². The summed E-state index contributed by atoms with van der Waals surface area (Å²) < 4.78 is 11.7. The maximum absolute atomic E-state index is 13.6. The first-order valence-corrected chi connectivity index (χ1v) is 23.5. The van der Waals surface area contributed by atoms with Gasteiger partial charge in [-0.15, -0.1) is 0 Å². The molecule has 326 valence electrons. The van der Waals surface area contributed by atoms with E-state index in [1.807, 2.05) is 0 Å². The Hall–Kier alpha value is -1.46. The number of hydrogen-bond acceptors (Lipinski definition) is 8. The average Bonchev–Trinajstić information content (AvgIpc) is 3.19. The minimum Gasteiger partial charge on any atom is -0.449 e. The monoisotopic (exact) mass is 784 g/mol. The molecule has 1 rings (SSSR count). The lowest BCUT2D eigenvalue weighted by Gasteiger charge is -2.46. The normalized spacial score (nSPS) is 19.8. The van der Waals surface area contributed by atoms with Crippen LogP contribution < -0.4 is 11.1 Å². The van der Waals surface area contributed by atoms with Gasteiger partial charge in [0, 0.05) is 6.54 Å². The van der Waals surface area contributed by atoms with Crippen molar-refractivity contribution in [3.05, 3.63) is 0 Å². The molecule has 1 fully saturated rings. The van der Waals surface area contributed by atoms with Gasteiger partial charge in [-0.05, 0) is 12.8 Å². The van der Waals surface area contributed by atoms with Crippen molar-refractivity contribution in [1.82, 2.24) is 10.2 Å². The summed E-state index contributed by atoms with van der Waals surface area (Å²) in [6.07, 6.45) is 34.4. The molecule has 0 saturated carbocycles. The lowest BCUT2D eigenvalue weighted by Crippen LogP contribution is -2.69. The van der Waals surface area contributed by atoms with Crippen LogP contribution in [0.15, 0.2) is 0 Å². The van der Waals surface area contributed by atoms with Crippen LogP contribution in [0, 0.1) is 0 Å². The second kappa shape index (κ2) is 36.9. The summed E-state index contributed by atoms with van der Waals surface area (Å²) in [5.74, 6) is -0.545. The van der Waals surface area contributed by atoms with Crippen molar-refractivity contribution >= 4 is 12.0 Å². The summed E-state index contributed by atoms with van der Waals surface area (Å²) in [6, 6.07) is -1.13. The smallest absolute Gasteiger partial charge is 0.411 e. The third kappa shape index (κ3) is 26.2. The minimum atomic E-state index is -1.46. The minimum absolute atomic E-state index is 0.272.